The molecule has 0 bridgehead atoms. The average molecular weight is 283 g/mol. The van der Waals surface area contributed by atoms with Gasteiger partial charge in [0.1, 0.15) is 12.1 Å². The van der Waals surface area contributed by atoms with E-state index < -0.39 is 11.5 Å². The van der Waals surface area contributed by atoms with Crippen molar-refractivity contribution in [3.63, 3.8) is 0 Å². The van der Waals surface area contributed by atoms with Crippen molar-refractivity contribution in [3.05, 3.63) is 29.3 Å². The van der Waals surface area contributed by atoms with Gasteiger partial charge in [0.25, 0.3) is 0 Å². The van der Waals surface area contributed by atoms with E-state index in [0.29, 0.717) is 17.3 Å². The number of nitrogens with zero attached hydrogens (tertiary/aromatic N) is 1. The van der Waals surface area contributed by atoms with E-state index in [2.05, 4.69) is 5.32 Å². The number of nitrogens with one attached hydrogen (secondary N) is 1. The Bertz CT molecular complexity index is 516. The molecule has 0 saturated carbocycles. The number of carbonyl (C=O) groups excluding carboxylic acids is 2. The van der Waals surface area contributed by atoms with E-state index in [1.165, 1.54) is 4.90 Å². The molecular weight excluding hydrogens is 268 g/mol. The van der Waals surface area contributed by atoms with Crippen LogP contribution in [0.5, 0.6) is 0 Å². The third-order valence-corrected chi connectivity index (χ3v) is 3.28. The number of morpholine rings is 1. The highest BCUT2D eigenvalue weighted by molar-refractivity contribution is 6.30. The summed E-state index contributed by atoms with van der Waals surface area (Å²) >= 11 is 5.85. The normalized spacial score (nSPS) is 17.8. The first-order chi connectivity index (χ1) is 8.91. The largest absolute Gasteiger partial charge is 0.462 e. The molecule has 0 aliphatic carbocycles. The molecule has 0 aromatic heterocycles. The number of amides is 2. The van der Waals surface area contributed by atoms with Gasteiger partial charge in [0.15, 0.2) is 0 Å². The number of esters is 1. The number of anilines is 1. The molecule has 1 fully saturated rings. The predicted octanol–water partition coefficient (Wildman–Crippen LogP) is 2.51. The van der Waals surface area contributed by atoms with Crippen LogP contribution in [0, 0.1) is 0 Å². The predicted molar refractivity (Wildman–Crippen MR) is 72.2 cm³/mol. The zero-order valence-electron chi connectivity index (χ0n) is 10.8. The first-order valence-corrected chi connectivity index (χ1v) is 6.30. The lowest BCUT2D eigenvalue weighted by Crippen LogP contribution is -2.59. The van der Waals surface area contributed by atoms with E-state index in [4.69, 9.17) is 16.3 Å². The average Bonchev–Trinajstić information content (AvgIpc) is 2.32. The standard InChI is InChI=1S/C13H15ClN2O3/c1-13(2)11(17)19-7-6-16(13)12(18)15-10-5-3-4-9(14)8-10/h3-5,8H,6-7H2,1-2H3,(H,15,18). The minimum atomic E-state index is -0.971. The summed E-state index contributed by atoms with van der Waals surface area (Å²) in [7, 11) is 0. The van der Waals surface area contributed by atoms with Crippen LogP contribution in [-0.2, 0) is 9.53 Å². The topological polar surface area (TPSA) is 58.6 Å². The van der Waals surface area contributed by atoms with Crippen molar-refractivity contribution in [2.24, 2.45) is 0 Å². The van der Waals surface area contributed by atoms with E-state index >= 15 is 0 Å². The van der Waals surface area contributed by atoms with Gasteiger partial charge >= 0.3 is 12.0 Å². The first kappa shape index (κ1) is 13.7. The maximum Gasteiger partial charge on any atom is 0.331 e. The Morgan fingerprint density at radius 2 is 2.21 bits per heavy atom. The lowest BCUT2D eigenvalue weighted by atomic mass is 10.0. The van der Waals surface area contributed by atoms with E-state index in [9.17, 15) is 9.59 Å². The van der Waals surface area contributed by atoms with Crippen molar-refractivity contribution in [2.45, 2.75) is 19.4 Å². The summed E-state index contributed by atoms with van der Waals surface area (Å²) in [5.74, 6) is -0.403. The lowest BCUT2D eigenvalue weighted by Gasteiger charge is -2.39. The first-order valence-electron chi connectivity index (χ1n) is 5.92. The molecule has 0 spiro atoms. The number of halogens is 1. The van der Waals surface area contributed by atoms with Crippen LogP contribution >= 0.6 is 11.6 Å². The quantitative estimate of drug-likeness (QED) is 0.805. The number of cyclic esters (lactones) is 1. The van der Waals surface area contributed by atoms with Gasteiger partial charge in [0, 0.05) is 10.7 Å². The van der Waals surface area contributed by atoms with Crippen LogP contribution in [0.3, 0.4) is 0 Å². The maximum atomic E-state index is 12.2. The zero-order valence-corrected chi connectivity index (χ0v) is 11.5. The molecule has 5 nitrogen and oxygen atoms in total. The van der Waals surface area contributed by atoms with Gasteiger partial charge in [0.05, 0.1) is 6.54 Å². The molecule has 6 heteroatoms. The highest BCUT2D eigenvalue weighted by Crippen LogP contribution is 2.22. The van der Waals surface area contributed by atoms with Gasteiger partial charge in [0.2, 0.25) is 0 Å². The molecule has 1 heterocycles. The number of rotatable bonds is 1. The van der Waals surface area contributed by atoms with Crippen molar-refractivity contribution in [1.82, 2.24) is 4.90 Å². The Kier molecular flexibility index (Phi) is 3.66. The van der Waals surface area contributed by atoms with Crippen LogP contribution in [0.25, 0.3) is 0 Å². The molecule has 2 amide bonds. The third-order valence-electron chi connectivity index (χ3n) is 3.04. The SMILES string of the molecule is CC1(C)C(=O)OCCN1C(=O)Nc1cccc(Cl)c1. The molecule has 0 radical (unpaired) electrons. The molecule has 1 aliphatic heterocycles. The zero-order chi connectivity index (χ0) is 14.0. The monoisotopic (exact) mass is 282 g/mol. The second kappa shape index (κ2) is 5.09. The molecule has 1 aliphatic rings. The fourth-order valence-corrected chi connectivity index (χ4v) is 2.10. The van der Waals surface area contributed by atoms with Crippen LogP contribution in [-0.4, -0.2) is 35.6 Å². The third kappa shape index (κ3) is 2.81. The van der Waals surface area contributed by atoms with Gasteiger partial charge in [-0.05, 0) is 32.0 Å². The van der Waals surface area contributed by atoms with Crippen LogP contribution in [0.4, 0.5) is 10.5 Å². The highest BCUT2D eigenvalue weighted by atomic mass is 35.5. The van der Waals surface area contributed by atoms with Crippen LogP contribution in [0.15, 0.2) is 24.3 Å². The number of carbonyl (C=O) groups is 2. The van der Waals surface area contributed by atoms with Crippen LogP contribution in [0.2, 0.25) is 5.02 Å². The fourth-order valence-electron chi connectivity index (χ4n) is 1.91. The number of hydrogen-bond acceptors (Lipinski definition) is 3. The van der Waals surface area contributed by atoms with Crippen LogP contribution < -0.4 is 5.32 Å². The van der Waals surface area contributed by atoms with Crippen molar-refractivity contribution < 1.29 is 14.3 Å². The fraction of sp³-hybridized carbons (Fsp3) is 0.385. The van der Waals surface area contributed by atoms with Gasteiger partial charge in [-0.15, -0.1) is 0 Å². The van der Waals surface area contributed by atoms with Gasteiger partial charge in [-0.1, -0.05) is 17.7 Å². The van der Waals surface area contributed by atoms with Crippen molar-refractivity contribution in [2.75, 3.05) is 18.5 Å². The molecule has 0 unspecified atom stereocenters. The summed E-state index contributed by atoms with van der Waals surface area (Å²) in [4.78, 5) is 25.3. The molecule has 0 atom stereocenters. The second-order valence-electron chi connectivity index (χ2n) is 4.79. The molecule has 19 heavy (non-hydrogen) atoms. The molecule has 2 rings (SSSR count). The minimum Gasteiger partial charge on any atom is -0.462 e. The van der Waals surface area contributed by atoms with E-state index in [1.807, 2.05) is 0 Å². The van der Waals surface area contributed by atoms with E-state index in [0.717, 1.165) is 0 Å². The summed E-state index contributed by atoms with van der Waals surface area (Å²) in [6.45, 7) is 3.90. The molecule has 102 valence electrons. The van der Waals surface area contributed by atoms with Crippen molar-refractivity contribution >= 4 is 29.3 Å². The Labute approximate surface area is 116 Å². The molecule has 1 saturated heterocycles. The molecule has 1 aromatic carbocycles. The van der Waals surface area contributed by atoms with Gasteiger partial charge in [-0.3, -0.25) is 0 Å². The van der Waals surface area contributed by atoms with Gasteiger partial charge in [-0.25, -0.2) is 9.59 Å². The van der Waals surface area contributed by atoms with Crippen molar-refractivity contribution in [1.29, 1.82) is 0 Å². The number of benzene rings is 1. The van der Waals surface area contributed by atoms with Gasteiger partial charge in [-0.2, -0.15) is 0 Å². The summed E-state index contributed by atoms with van der Waals surface area (Å²) in [5.41, 5.74) is -0.381. The maximum absolute atomic E-state index is 12.2. The summed E-state index contributed by atoms with van der Waals surface area (Å²) in [6, 6.07) is 6.50. The molecular formula is C13H15ClN2O3. The van der Waals surface area contributed by atoms with Crippen molar-refractivity contribution in [3.8, 4) is 0 Å². The summed E-state index contributed by atoms with van der Waals surface area (Å²) in [6.07, 6.45) is 0. The Morgan fingerprint density at radius 1 is 1.47 bits per heavy atom. The Morgan fingerprint density at radius 3 is 2.89 bits per heavy atom. The molecule has 1 N–H and O–H groups in total. The van der Waals surface area contributed by atoms with Gasteiger partial charge < -0.3 is 15.0 Å². The smallest absolute Gasteiger partial charge is 0.331 e. The van der Waals surface area contributed by atoms with Crippen LogP contribution in [0.1, 0.15) is 13.8 Å². The van der Waals surface area contributed by atoms with E-state index in [1.54, 1.807) is 38.1 Å². The summed E-state index contributed by atoms with van der Waals surface area (Å²) in [5, 5.41) is 3.26. The lowest BCUT2D eigenvalue weighted by molar-refractivity contribution is -0.161. The molecule has 1 aromatic rings. The number of hydrogen-bond donors (Lipinski definition) is 1. The summed E-state index contributed by atoms with van der Waals surface area (Å²) < 4.78 is 4.96. The van der Waals surface area contributed by atoms with E-state index in [-0.39, 0.29) is 12.6 Å². The highest BCUT2D eigenvalue weighted by Gasteiger charge is 2.42. The number of urea groups is 1. The Balaban J connectivity index is 2.13. The number of ether oxygens (including phenoxy) is 1. The Hall–Kier alpha value is -1.75. The second-order valence-corrected chi connectivity index (χ2v) is 5.22. The minimum absolute atomic E-state index is 0.214.